The number of rotatable bonds is 7. The predicted octanol–water partition coefficient (Wildman–Crippen LogP) is 3.90. The lowest BCUT2D eigenvalue weighted by Crippen LogP contribution is -2.20. The van der Waals surface area contributed by atoms with Gasteiger partial charge in [0.05, 0.1) is 0 Å². The van der Waals surface area contributed by atoms with Gasteiger partial charge in [-0.25, -0.2) is 0 Å². The van der Waals surface area contributed by atoms with Crippen molar-refractivity contribution in [2.24, 2.45) is 0 Å². The minimum atomic E-state index is 0.506. The second-order valence-corrected chi connectivity index (χ2v) is 7.00. The van der Waals surface area contributed by atoms with Gasteiger partial charge in [-0.2, -0.15) is 14.5 Å². The van der Waals surface area contributed by atoms with E-state index in [0.29, 0.717) is 16.7 Å². The first-order valence-corrected chi connectivity index (χ1v) is 9.42. The molecular formula is C19H23N5OS. The number of nitrogens with zero attached hydrogens (tertiary/aromatic N) is 5. The molecule has 0 atom stereocenters. The van der Waals surface area contributed by atoms with Gasteiger partial charge in [-0.15, -0.1) is 5.10 Å². The zero-order chi connectivity index (χ0) is 18.5. The third kappa shape index (κ3) is 4.42. The molecule has 2 aromatic heterocycles. The molecule has 0 saturated carbocycles. The molecule has 0 aliphatic rings. The first-order chi connectivity index (χ1) is 12.6. The summed E-state index contributed by atoms with van der Waals surface area (Å²) in [5.74, 6) is 1.35. The van der Waals surface area contributed by atoms with Gasteiger partial charge in [-0.3, -0.25) is 0 Å². The molecule has 1 aromatic carbocycles. The SMILES string of the molecule is CCN(C)CCc1cc(C)c(Oc2nc(-c3cccnn3)ns2)cc1C. The Morgan fingerprint density at radius 3 is 2.77 bits per heavy atom. The molecule has 136 valence electrons. The molecule has 6 nitrogen and oxygen atoms in total. The van der Waals surface area contributed by atoms with E-state index in [9.17, 15) is 0 Å². The van der Waals surface area contributed by atoms with Gasteiger partial charge in [-0.05, 0) is 68.8 Å². The summed E-state index contributed by atoms with van der Waals surface area (Å²) >= 11 is 1.22. The largest absolute Gasteiger partial charge is 0.430 e. The molecule has 0 unspecified atom stereocenters. The molecule has 7 heteroatoms. The first kappa shape index (κ1) is 18.4. The van der Waals surface area contributed by atoms with Crippen molar-refractivity contribution in [1.29, 1.82) is 0 Å². The Bertz CT molecular complexity index is 866. The maximum atomic E-state index is 5.98. The second-order valence-electron chi connectivity index (χ2n) is 6.28. The fourth-order valence-corrected chi connectivity index (χ4v) is 3.12. The highest BCUT2D eigenvalue weighted by Gasteiger charge is 2.12. The van der Waals surface area contributed by atoms with Gasteiger partial charge >= 0.3 is 0 Å². The van der Waals surface area contributed by atoms with Crippen molar-refractivity contribution in [1.82, 2.24) is 24.5 Å². The molecule has 2 heterocycles. The van der Waals surface area contributed by atoms with Gasteiger partial charge < -0.3 is 9.64 Å². The van der Waals surface area contributed by atoms with E-state index in [0.717, 1.165) is 30.8 Å². The first-order valence-electron chi connectivity index (χ1n) is 8.65. The summed E-state index contributed by atoms with van der Waals surface area (Å²) in [4.78, 5) is 6.73. The lowest BCUT2D eigenvalue weighted by Gasteiger charge is -2.16. The Balaban J connectivity index is 1.74. The average Bonchev–Trinajstić information content (AvgIpc) is 3.12. The third-order valence-corrected chi connectivity index (χ3v) is 4.94. The molecule has 26 heavy (non-hydrogen) atoms. The Morgan fingerprint density at radius 2 is 2.04 bits per heavy atom. The van der Waals surface area contributed by atoms with Crippen molar-refractivity contribution >= 4 is 11.5 Å². The van der Waals surface area contributed by atoms with E-state index in [4.69, 9.17) is 4.74 Å². The summed E-state index contributed by atoms with van der Waals surface area (Å²) in [5.41, 5.74) is 4.32. The minimum absolute atomic E-state index is 0.506. The van der Waals surface area contributed by atoms with E-state index in [-0.39, 0.29) is 0 Å². The molecule has 0 aliphatic carbocycles. The number of hydrogen-bond donors (Lipinski definition) is 0. The predicted molar refractivity (Wildman–Crippen MR) is 104 cm³/mol. The maximum absolute atomic E-state index is 5.98. The normalized spacial score (nSPS) is 11.1. The van der Waals surface area contributed by atoms with Crippen molar-refractivity contribution in [2.45, 2.75) is 27.2 Å². The number of aromatic nitrogens is 4. The average molecular weight is 369 g/mol. The van der Waals surface area contributed by atoms with Crippen LogP contribution in [0.5, 0.6) is 10.9 Å². The summed E-state index contributed by atoms with van der Waals surface area (Å²) < 4.78 is 10.3. The lowest BCUT2D eigenvalue weighted by atomic mass is 10.0. The van der Waals surface area contributed by atoms with E-state index in [1.165, 1.54) is 22.7 Å². The molecule has 0 bridgehead atoms. The summed E-state index contributed by atoms with van der Waals surface area (Å²) in [6, 6.07) is 7.93. The molecule has 0 spiro atoms. The molecular weight excluding hydrogens is 346 g/mol. The summed E-state index contributed by atoms with van der Waals surface area (Å²) in [5, 5.41) is 8.39. The van der Waals surface area contributed by atoms with Crippen molar-refractivity contribution in [3.63, 3.8) is 0 Å². The van der Waals surface area contributed by atoms with Crippen molar-refractivity contribution in [3.8, 4) is 22.5 Å². The molecule has 3 aromatic rings. The van der Waals surface area contributed by atoms with Crippen LogP contribution in [-0.2, 0) is 6.42 Å². The number of likely N-dealkylation sites (N-methyl/N-ethyl adjacent to an activating group) is 1. The summed E-state index contributed by atoms with van der Waals surface area (Å²) in [6.45, 7) is 8.47. The van der Waals surface area contributed by atoms with Crippen molar-refractivity contribution < 1.29 is 4.74 Å². The van der Waals surface area contributed by atoms with Crippen molar-refractivity contribution in [2.75, 3.05) is 20.1 Å². The van der Waals surface area contributed by atoms with Crippen LogP contribution < -0.4 is 4.74 Å². The van der Waals surface area contributed by atoms with Gasteiger partial charge in [0.1, 0.15) is 11.4 Å². The molecule has 0 fully saturated rings. The third-order valence-electron chi connectivity index (χ3n) is 4.34. The van der Waals surface area contributed by atoms with Crippen molar-refractivity contribution in [3.05, 3.63) is 47.2 Å². The van der Waals surface area contributed by atoms with Crippen LogP contribution in [0.2, 0.25) is 0 Å². The zero-order valence-corrected chi connectivity index (χ0v) is 16.4. The Kier molecular flexibility index (Phi) is 5.90. The number of benzene rings is 1. The van der Waals surface area contributed by atoms with E-state index in [1.54, 1.807) is 6.20 Å². The molecule has 0 N–H and O–H groups in total. The summed E-state index contributed by atoms with van der Waals surface area (Å²) in [6.07, 6.45) is 2.66. The Hall–Kier alpha value is -2.38. The van der Waals surface area contributed by atoms with Crippen LogP contribution in [0.1, 0.15) is 23.6 Å². The summed E-state index contributed by atoms with van der Waals surface area (Å²) in [7, 11) is 2.14. The highest BCUT2D eigenvalue weighted by atomic mass is 32.1. The van der Waals surface area contributed by atoms with E-state index in [1.807, 2.05) is 12.1 Å². The monoisotopic (exact) mass is 369 g/mol. The quantitative estimate of drug-likeness (QED) is 0.629. The van der Waals surface area contributed by atoms with Crippen LogP contribution in [0.4, 0.5) is 0 Å². The molecule has 0 aliphatic heterocycles. The van der Waals surface area contributed by atoms with Crippen LogP contribution in [0.15, 0.2) is 30.5 Å². The molecule has 0 amide bonds. The van der Waals surface area contributed by atoms with Gasteiger partial charge in [0.2, 0.25) is 0 Å². The van der Waals surface area contributed by atoms with Gasteiger partial charge in [-0.1, -0.05) is 13.0 Å². The highest BCUT2D eigenvalue weighted by molar-refractivity contribution is 7.07. The maximum Gasteiger partial charge on any atom is 0.299 e. The zero-order valence-electron chi connectivity index (χ0n) is 15.6. The van der Waals surface area contributed by atoms with Gasteiger partial charge in [0.15, 0.2) is 5.82 Å². The Labute approximate surface area is 158 Å². The molecule has 0 radical (unpaired) electrons. The smallest absolute Gasteiger partial charge is 0.299 e. The molecule has 0 saturated heterocycles. The van der Waals surface area contributed by atoms with Crippen LogP contribution >= 0.6 is 11.5 Å². The second kappa shape index (κ2) is 8.33. The number of aryl methyl sites for hydroxylation is 2. The van der Waals surface area contributed by atoms with E-state index < -0.39 is 0 Å². The number of ether oxygens (including phenoxy) is 1. The minimum Gasteiger partial charge on any atom is -0.430 e. The van der Waals surface area contributed by atoms with E-state index >= 15 is 0 Å². The lowest BCUT2D eigenvalue weighted by molar-refractivity contribution is 0.357. The van der Waals surface area contributed by atoms with Crippen LogP contribution in [0.3, 0.4) is 0 Å². The van der Waals surface area contributed by atoms with Crippen LogP contribution in [0.25, 0.3) is 11.5 Å². The molecule has 3 rings (SSSR count). The van der Waals surface area contributed by atoms with Gasteiger partial charge in [0.25, 0.3) is 5.19 Å². The fraction of sp³-hybridized carbons (Fsp3) is 0.368. The Morgan fingerprint density at radius 1 is 1.19 bits per heavy atom. The van der Waals surface area contributed by atoms with Gasteiger partial charge in [0, 0.05) is 24.3 Å². The van der Waals surface area contributed by atoms with Crippen LogP contribution in [-0.4, -0.2) is 44.6 Å². The number of hydrogen-bond acceptors (Lipinski definition) is 7. The van der Waals surface area contributed by atoms with Crippen LogP contribution in [0, 0.1) is 13.8 Å². The fourth-order valence-electron chi connectivity index (χ4n) is 2.57. The van der Waals surface area contributed by atoms with E-state index in [2.05, 4.69) is 64.4 Å². The standard InChI is InChI=1S/C19H23N5OS/c1-5-24(4)10-8-15-11-14(3)17(12-13(15)2)25-19-21-18(23-26-19)16-7-6-9-20-22-16/h6-7,9,11-12H,5,8,10H2,1-4H3. The topological polar surface area (TPSA) is 64.0 Å². The highest BCUT2D eigenvalue weighted by Crippen LogP contribution is 2.30.